The van der Waals surface area contributed by atoms with Gasteiger partial charge in [0.25, 0.3) is 0 Å². The van der Waals surface area contributed by atoms with E-state index in [4.69, 9.17) is 17.2 Å². The van der Waals surface area contributed by atoms with E-state index in [0.717, 1.165) is 54.0 Å². The first-order chi connectivity index (χ1) is 16.5. The van der Waals surface area contributed by atoms with Crippen molar-refractivity contribution in [2.24, 2.45) is 0 Å². The number of pyridine rings is 1. The Bertz CT molecular complexity index is 1270. The van der Waals surface area contributed by atoms with Gasteiger partial charge < -0.3 is 15.5 Å². The standard InChI is InChI=1S/C25H27F3N6S/c1-14-8-18(25(26,27)28)11-20-22(14)23-17(10-21(35)31-20)13-30-24(33-23)32-19-9-16(12-29-15(19)2)6-5-7-34(3)4/h8-9,11-13H,5-7,10H2,1-4H3,(H,31,35)(H,30,32,33). The van der Waals surface area contributed by atoms with Crippen LogP contribution in [0.15, 0.2) is 30.6 Å². The van der Waals surface area contributed by atoms with Gasteiger partial charge in [-0.2, -0.15) is 13.2 Å². The molecule has 1 aliphatic rings. The fraction of sp³-hybridized carbons (Fsp3) is 0.360. The first-order valence-electron chi connectivity index (χ1n) is 11.3. The van der Waals surface area contributed by atoms with E-state index in [-0.39, 0.29) is 0 Å². The van der Waals surface area contributed by atoms with Crippen LogP contribution in [0.2, 0.25) is 0 Å². The molecule has 0 spiro atoms. The molecule has 6 nitrogen and oxygen atoms in total. The van der Waals surface area contributed by atoms with E-state index in [9.17, 15) is 13.2 Å². The predicted octanol–water partition coefficient (Wildman–Crippen LogP) is 5.71. The number of anilines is 3. The summed E-state index contributed by atoms with van der Waals surface area (Å²) in [6.07, 6.45) is 1.33. The second-order valence-corrected chi connectivity index (χ2v) is 9.51. The zero-order valence-electron chi connectivity index (χ0n) is 20.0. The molecule has 2 aromatic heterocycles. The van der Waals surface area contributed by atoms with Gasteiger partial charge in [0.05, 0.1) is 27.6 Å². The van der Waals surface area contributed by atoms with Crippen LogP contribution >= 0.6 is 12.2 Å². The van der Waals surface area contributed by atoms with Gasteiger partial charge in [0.2, 0.25) is 5.95 Å². The molecule has 4 rings (SSSR count). The lowest BCUT2D eigenvalue weighted by molar-refractivity contribution is -0.137. The van der Waals surface area contributed by atoms with Gasteiger partial charge in [-0.25, -0.2) is 9.97 Å². The first-order valence-corrected chi connectivity index (χ1v) is 11.7. The summed E-state index contributed by atoms with van der Waals surface area (Å²) in [5, 5.41) is 6.22. The number of aromatic nitrogens is 3. The fourth-order valence-electron chi connectivity index (χ4n) is 4.10. The molecule has 3 heterocycles. The number of thiocarbonyl (C=S) groups is 1. The Morgan fingerprint density at radius 3 is 2.60 bits per heavy atom. The minimum absolute atomic E-state index is 0.298. The van der Waals surface area contributed by atoms with Crippen LogP contribution in [0.5, 0.6) is 0 Å². The quantitative estimate of drug-likeness (QED) is 0.421. The summed E-state index contributed by atoms with van der Waals surface area (Å²) in [6.45, 7) is 4.53. The number of aryl methyl sites for hydroxylation is 3. The Morgan fingerprint density at radius 1 is 1.11 bits per heavy atom. The summed E-state index contributed by atoms with van der Waals surface area (Å²) in [5.41, 5.74) is 4.62. The van der Waals surface area contributed by atoms with Crippen molar-refractivity contribution in [3.8, 4) is 11.3 Å². The van der Waals surface area contributed by atoms with E-state index >= 15 is 0 Å². The van der Waals surface area contributed by atoms with Crippen molar-refractivity contribution in [1.29, 1.82) is 0 Å². The number of halogens is 3. The molecule has 0 bridgehead atoms. The smallest absolute Gasteiger partial charge is 0.349 e. The van der Waals surface area contributed by atoms with Gasteiger partial charge in [-0.3, -0.25) is 4.98 Å². The highest BCUT2D eigenvalue weighted by Gasteiger charge is 2.33. The molecule has 0 fully saturated rings. The highest BCUT2D eigenvalue weighted by Crippen LogP contribution is 2.40. The molecule has 0 aliphatic carbocycles. The molecule has 0 radical (unpaired) electrons. The minimum atomic E-state index is -4.46. The van der Waals surface area contributed by atoms with Crippen molar-refractivity contribution in [3.05, 3.63) is 58.5 Å². The van der Waals surface area contributed by atoms with Crippen LogP contribution in [0, 0.1) is 13.8 Å². The lowest BCUT2D eigenvalue weighted by Crippen LogP contribution is -2.13. The average Bonchev–Trinajstić information content (AvgIpc) is 2.90. The summed E-state index contributed by atoms with van der Waals surface area (Å²) in [6, 6.07) is 4.27. The predicted molar refractivity (Wildman–Crippen MR) is 136 cm³/mol. The maximum absolute atomic E-state index is 13.4. The molecule has 0 amide bonds. The molecule has 0 atom stereocenters. The third-order valence-corrected chi connectivity index (χ3v) is 6.10. The molecule has 10 heteroatoms. The number of nitrogens with zero attached hydrogens (tertiary/aromatic N) is 4. The van der Waals surface area contributed by atoms with Crippen LogP contribution in [-0.2, 0) is 19.0 Å². The normalized spacial score (nSPS) is 13.2. The van der Waals surface area contributed by atoms with Crippen LogP contribution in [0.1, 0.15) is 34.4 Å². The molecule has 1 aliphatic heterocycles. The molecule has 0 saturated carbocycles. The SMILES string of the molecule is Cc1cc(C(F)(F)F)cc2c1-c1nc(Nc3cc(CCCN(C)C)cnc3C)ncc1CC(=S)N2. The van der Waals surface area contributed by atoms with Crippen molar-refractivity contribution >= 4 is 34.5 Å². The number of rotatable bonds is 6. The number of benzene rings is 1. The lowest BCUT2D eigenvalue weighted by Gasteiger charge is -2.17. The third kappa shape index (κ3) is 5.76. The number of nitrogens with one attached hydrogen (secondary N) is 2. The maximum atomic E-state index is 13.4. The number of alkyl halides is 3. The van der Waals surface area contributed by atoms with Crippen LogP contribution < -0.4 is 10.6 Å². The van der Waals surface area contributed by atoms with Crippen LogP contribution in [0.4, 0.5) is 30.5 Å². The van der Waals surface area contributed by atoms with Crippen molar-refractivity contribution in [2.75, 3.05) is 31.3 Å². The highest BCUT2D eigenvalue weighted by molar-refractivity contribution is 7.80. The second kappa shape index (κ2) is 9.87. The van der Waals surface area contributed by atoms with Gasteiger partial charge in [0, 0.05) is 35.6 Å². The molecule has 3 aromatic rings. The van der Waals surface area contributed by atoms with Gasteiger partial charge in [0.15, 0.2) is 0 Å². The zero-order chi connectivity index (χ0) is 25.3. The summed E-state index contributed by atoms with van der Waals surface area (Å²) in [4.78, 5) is 16.2. The molecule has 2 N–H and O–H groups in total. The largest absolute Gasteiger partial charge is 0.416 e. The summed E-state index contributed by atoms with van der Waals surface area (Å²) in [5.74, 6) is 0.345. The fourth-order valence-corrected chi connectivity index (χ4v) is 4.37. The molecule has 0 saturated heterocycles. The molecule has 1 aromatic carbocycles. The first kappa shape index (κ1) is 25.0. The lowest BCUT2D eigenvalue weighted by atomic mass is 9.97. The topological polar surface area (TPSA) is 66.0 Å². The van der Waals surface area contributed by atoms with E-state index in [1.54, 1.807) is 13.1 Å². The summed E-state index contributed by atoms with van der Waals surface area (Å²) in [7, 11) is 4.09. The van der Waals surface area contributed by atoms with Crippen LogP contribution in [0.3, 0.4) is 0 Å². The Balaban J connectivity index is 1.70. The Kier molecular flexibility index (Phi) is 7.05. The molecule has 35 heavy (non-hydrogen) atoms. The minimum Gasteiger partial charge on any atom is -0.349 e. The van der Waals surface area contributed by atoms with Gasteiger partial charge >= 0.3 is 6.18 Å². The average molecular weight is 501 g/mol. The van der Waals surface area contributed by atoms with Crippen LogP contribution in [0.25, 0.3) is 11.3 Å². The number of hydrogen-bond donors (Lipinski definition) is 2. The monoisotopic (exact) mass is 500 g/mol. The van der Waals surface area contributed by atoms with E-state index < -0.39 is 11.7 Å². The van der Waals surface area contributed by atoms with Crippen molar-refractivity contribution in [1.82, 2.24) is 19.9 Å². The van der Waals surface area contributed by atoms with E-state index in [1.807, 2.05) is 33.3 Å². The molecular formula is C25H27F3N6S. The molecular weight excluding hydrogens is 473 g/mol. The molecule has 184 valence electrons. The highest BCUT2D eigenvalue weighted by atomic mass is 32.1. The van der Waals surface area contributed by atoms with Gasteiger partial charge in [0.1, 0.15) is 0 Å². The molecule has 0 unspecified atom stereocenters. The van der Waals surface area contributed by atoms with E-state index in [0.29, 0.717) is 39.9 Å². The Morgan fingerprint density at radius 2 is 1.89 bits per heavy atom. The van der Waals surface area contributed by atoms with Crippen LogP contribution in [-0.4, -0.2) is 45.5 Å². The van der Waals surface area contributed by atoms with E-state index in [2.05, 4.69) is 25.5 Å². The van der Waals surface area contributed by atoms with Crippen molar-refractivity contribution in [2.45, 2.75) is 39.3 Å². The number of hydrogen-bond acceptors (Lipinski definition) is 6. The third-order valence-electron chi connectivity index (χ3n) is 5.85. The summed E-state index contributed by atoms with van der Waals surface area (Å²) >= 11 is 5.37. The van der Waals surface area contributed by atoms with Gasteiger partial charge in [-0.15, -0.1) is 0 Å². The van der Waals surface area contributed by atoms with Crippen molar-refractivity contribution in [3.63, 3.8) is 0 Å². The van der Waals surface area contributed by atoms with E-state index in [1.165, 1.54) is 0 Å². The second-order valence-electron chi connectivity index (χ2n) is 9.01. The van der Waals surface area contributed by atoms with Gasteiger partial charge in [-0.05, 0) is 76.7 Å². The van der Waals surface area contributed by atoms with Crippen molar-refractivity contribution < 1.29 is 13.2 Å². The Labute approximate surface area is 208 Å². The van der Waals surface area contributed by atoms with Gasteiger partial charge in [-0.1, -0.05) is 12.2 Å². The zero-order valence-corrected chi connectivity index (χ0v) is 20.9. The summed E-state index contributed by atoms with van der Waals surface area (Å²) < 4.78 is 40.3. The maximum Gasteiger partial charge on any atom is 0.416 e. The number of fused-ring (bicyclic) bond motifs is 3. The Hall–Kier alpha value is -3.11.